The van der Waals surface area contributed by atoms with E-state index in [0.29, 0.717) is 16.9 Å². The van der Waals surface area contributed by atoms with Crippen LogP contribution in [-0.2, 0) is 6.42 Å². The van der Waals surface area contributed by atoms with Crippen LogP contribution >= 0.6 is 0 Å². The summed E-state index contributed by atoms with van der Waals surface area (Å²) in [5, 5.41) is 10.8. The molecule has 0 heterocycles. The lowest BCUT2D eigenvalue weighted by Crippen LogP contribution is -2.05. The number of hydrogen-bond donors (Lipinski definition) is 0. The van der Waals surface area contributed by atoms with Gasteiger partial charge in [0.25, 0.3) is 5.69 Å². The van der Waals surface area contributed by atoms with Crippen LogP contribution in [-0.4, -0.2) is 17.8 Å². The van der Waals surface area contributed by atoms with E-state index in [1.807, 2.05) is 6.07 Å². The average molecular weight is 285 g/mol. The Morgan fingerprint density at radius 2 is 2.00 bits per heavy atom. The second-order valence-corrected chi connectivity index (χ2v) is 4.77. The second kappa shape index (κ2) is 6.17. The number of ketones is 1. The van der Waals surface area contributed by atoms with Crippen molar-refractivity contribution in [3.05, 3.63) is 69.3 Å². The minimum Gasteiger partial charge on any atom is -0.497 e. The first-order valence-corrected chi connectivity index (χ1v) is 6.42. The third-order valence-corrected chi connectivity index (χ3v) is 3.09. The van der Waals surface area contributed by atoms with Gasteiger partial charge in [-0.05, 0) is 36.2 Å². The zero-order chi connectivity index (χ0) is 15.4. The SMILES string of the molecule is COc1cccc(CC(=O)c2cc(C)cc([N+](=O)[O-])c2)c1. The van der Waals surface area contributed by atoms with Crippen molar-refractivity contribution in [1.82, 2.24) is 0 Å². The van der Waals surface area contributed by atoms with Crippen LogP contribution in [0.4, 0.5) is 5.69 Å². The van der Waals surface area contributed by atoms with Gasteiger partial charge in [-0.25, -0.2) is 0 Å². The number of hydrogen-bond acceptors (Lipinski definition) is 4. The summed E-state index contributed by atoms with van der Waals surface area (Å²) in [6, 6.07) is 11.6. The van der Waals surface area contributed by atoms with Crippen molar-refractivity contribution in [1.29, 1.82) is 0 Å². The molecule has 0 radical (unpaired) electrons. The van der Waals surface area contributed by atoms with Gasteiger partial charge in [0.05, 0.1) is 12.0 Å². The number of aryl methyl sites for hydroxylation is 1. The standard InChI is InChI=1S/C16H15NO4/c1-11-6-13(10-14(7-11)17(19)20)16(18)9-12-4-3-5-15(8-12)21-2/h3-8,10H,9H2,1-2H3. The Bertz CT molecular complexity index is 694. The summed E-state index contributed by atoms with van der Waals surface area (Å²) in [4.78, 5) is 22.6. The molecule has 0 saturated carbocycles. The van der Waals surface area contributed by atoms with E-state index in [-0.39, 0.29) is 17.9 Å². The molecule has 0 aromatic heterocycles. The number of non-ortho nitro benzene ring substituents is 1. The van der Waals surface area contributed by atoms with E-state index >= 15 is 0 Å². The summed E-state index contributed by atoms with van der Waals surface area (Å²) in [6.07, 6.45) is 0.178. The fraction of sp³-hybridized carbons (Fsp3) is 0.188. The van der Waals surface area contributed by atoms with E-state index in [1.165, 1.54) is 12.1 Å². The van der Waals surface area contributed by atoms with Gasteiger partial charge < -0.3 is 4.74 Å². The van der Waals surface area contributed by atoms with Gasteiger partial charge >= 0.3 is 0 Å². The van der Waals surface area contributed by atoms with E-state index in [2.05, 4.69) is 0 Å². The summed E-state index contributed by atoms with van der Waals surface area (Å²) >= 11 is 0. The minimum absolute atomic E-state index is 0.0657. The van der Waals surface area contributed by atoms with Crippen LogP contribution in [0.15, 0.2) is 42.5 Å². The summed E-state index contributed by atoms with van der Waals surface area (Å²) in [6.45, 7) is 1.73. The molecule has 2 aromatic carbocycles. The molecule has 0 aliphatic rings. The Balaban J connectivity index is 2.25. The number of methoxy groups -OCH3 is 1. The highest BCUT2D eigenvalue weighted by molar-refractivity contribution is 5.98. The van der Waals surface area contributed by atoms with E-state index in [9.17, 15) is 14.9 Å². The molecule has 0 aliphatic heterocycles. The third kappa shape index (κ3) is 3.66. The van der Waals surface area contributed by atoms with Gasteiger partial charge in [0.1, 0.15) is 5.75 Å². The van der Waals surface area contributed by atoms with Crippen molar-refractivity contribution in [2.45, 2.75) is 13.3 Å². The molecule has 5 nitrogen and oxygen atoms in total. The number of nitrogens with zero attached hydrogens (tertiary/aromatic N) is 1. The van der Waals surface area contributed by atoms with Gasteiger partial charge in [0, 0.05) is 24.1 Å². The first-order valence-electron chi connectivity index (χ1n) is 6.42. The van der Waals surface area contributed by atoms with Crippen LogP contribution < -0.4 is 4.74 Å². The molecule has 0 amide bonds. The molecule has 108 valence electrons. The summed E-state index contributed by atoms with van der Waals surface area (Å²) < 4.78 is 5.11. The lowest BCUT2D eigenvalue weighted by Gasteiger charge is -2.05. The maximum atomic E-state index is 12.3. The maximum Gasteiger partial charge on any atom is 0.270 e. The molecule has 0 atom stereocenters. The molecular weight excluding hydrogens is 270 g/mol. The largest absolute Gasteiger partial charge is 0.497 e. The van der Waals surface area contributed by atoms with E-state index in [0.717, 1.165) is 5.56 Å². The van der Waals surface area contributed by atoms with Gasteiger partial charge in [-0.1, -0.05) is 12.1 Å². The van der Waals surface area contributed by atoms with Crippen LogP contribution in [0.1, 0.15) is 21.5 Å². The molecule has 0 aliphatic carbocycles. The number of ether oxygens (including phenoxy) is 1. The molecule has 0 fully saturated rings. The maximum absolute atomic E-state index is 12.3. The van der Waals surface area contributed by atoms with Crippen molar-refractivity contribution in [3.63, 3.8) is 0 Å². The van der Waals surface area contributed by atoms with E-state index in [4.69, 9.17) is 4.74 Å². The fourth-order valence-corrected chi connectivity index (χ4v) is 2.10. The van der Waals surface area contributed by atoms with Gasteiger partial charge in [-0.2, -0.15) is 0 Å². The molecule has 0 bridgehead atoms. The number of carbonyl (C=O) groups is 1. The van der Waals surface area contributed by atoms with Crippen molar-refractivity contribution >= 4 is 11.5 Å². The van der Waals surface area contributed by atoms with Crippen molar-refractivity contribution < 1.29 is 14.5 Å². The molecule has 0 unspecified atom stereocenters. The molecule has 5 heteroatoms. The highest BCUT2D eigenvalue weighted by atomic mass is 16.6. The molecule has 0 saturated heterocycles. The molecule has 2 aromatic rings. The van der Waals surface area contributed by atoms with Gasteiger partial charge in [0.2, 0.25) is 0 Å². The molecule has 2 rings (SSSR count). The monoisotopic (exact) mass is 285 g/mol. The zero-order valence-electron chi connectivity index (χ0n) is 11.8. The molecule has 0 spiro atoms. The number of nitro benzene ring substituents is 1. The first-order chi connectivity index (χ1) is 9.99. The molecule has 21 heavy (non-hydrogen) atoms. The second-order valence-electron chi connectivity index (χ2n) is 4.77. The lowest BCUT2D eigenvalue weighted by molar-refractivity contribution is -0.384. The van der Waals surface area contributed by atoms with Crippen LogP contribution in [0.25, 0.3) is 0 Å². The Hall–Kier alpha value is -2.69. The lowest BCUT2D eigenvalue weighted by atomic mass is 10.0. The predicted molar refractivity (Wildman–Crippen MR) is 78.9 cm³/mol. The highest BCUT2D eigenvalue weighted by Crippen LogP contribution is 2.19. The van der Waals surface area contributed by atoms with Crippen LogP contribution in [0.2, 0.25) is 0 Å². The van der Waals surface area contributed by atoms with Crippen molar-refractivity contribution in [3.8, 4) is 5.75 Å². The number of benzene rings is 2. The highest BCUT2D eigenvalue weighted by Gasteiger charge is 2.14. The summed E-state index contributed by atoms with van der Waals surface area (Å²) in [5.74, 6) is 0.519. The predicted octanol–water partition coefficient (Wildman–Crippen LogP) is 3.34. The Morgan fingerprint density at radius 3 is 2.67 bits per heavy atom. The fourth-order valence-electron chi connectivity index (χ4n) is 2.10. The number of nitro groups is 1. The van der Waals surface area contributed by atoms with E-state index in [1.54, 1.807) is 38.3 Å². The smallest absolute Gasteiger partial charge is 0.270 e. The number of carbonyl (C=O) groups excluding carboxylic acids is 1. The quantitative estimate of drug-likeness (QED) is 0.480. The van der Waals surface area contributed by atoms with Crippen molar-refractivity contribution in [2.75, 3.05) is 7.11 Å². The average Bonchev–Trinajstić information content (AvgIpc) is 2.46. The van der Waals surface area contributed by atoms with E-state index < -0.39 is 4.92 Å². The Kier molecular flexibility index (Phi) is 4.33. The summed E-state index contributed by atoms with van der Waals surface area (Å²) in [5.41, 5.74) is 1.79. The molecular formula is C16H15NO4. The van der Waals surface area contributed by atoms with Crippen LogP contribution in [0, 0.1) is 17.0 Å². The van der Waals surface area contributed by atoms with Gasteiger partial charge in [-0.3, -0.25) is 14.9 Å². The van der Waals surface area contributed by atoms with Crippen LogP contribution in [0.5, 0.6) is 5.75 Å². The zero-order valence-corrected chi connectivity index (χ0v) is 11.8. The summed E-state index contributed by atoms with van der Waals surface area (Å²) in [7, 11) is 1.56. The first kappa shape index (κ1) is 14.7. The third-order valence-electron chi connectivity index (χ3n) is 3.09. The number of rotatable bonds is 5. The topological polar surface area (TPSA) is 69.4 Å². The normalized spacial score (nSPS) is 10.2. The number of Topliss-reactive ketones (excluding diaryl/α,β-unsaturated/α-hetero) is 1. The Labute approximate surface area is 122 Å². The molecule has 0 N–H and O–H groups in total. The Morgan fingerprint density at radius 1 is 1.24 bits per heavy atom. The van der Waals surface area contributed by atoms with Crippen molar-refractivity contribution in [2.24, 2.45) is 0 Å². The van der Waals surface area contributed by atoms with Gasteiger partial charge in [0.15, 0.2) is 5.78 Å². The minimum atomic E-state index is -0.491. The van der Waals surface area contributed by atoms with Gasteiger partial charge in [-0.15, -0.1) is 0 Å². The van der Waals surface area contributed by atoms with Crippen LogP contribution in [0.3, 0.4) is 0 Å².